The van der Waals surface area contributed by atoms with Gasteiger partial charge in [-0.05, 0) is 31.0 Å². The molecule has 1 heterocycles. The van der Waals surface area contributed by atoms with E-state index >= 15 is 0 Å². The van der Waals surface area contributed by atoms with Gasteiger partial charge in [0, 0.05) is 24.0 Å². The molecule has 0 aliphatic heterocycles. The Bertz CT molecular complexity index is 538. The van der Waals surface area contributed by atoms with Crippen LogP contribution in [0, 0.1) is 19.7 Å². The lowest BCUT2D eigenvalue weighted by atomic mass is 10.2. The molecule has 2 rings (SSSR count). The molecule has 0 unspecified atom stereocenters. The van der Waals surface area contributed by atoms with Gasteiger partial charge in [0.15, 0.2) is 11.6 Å². The molecule has 3 nitrogen and oxygen atoms in total. The zero-order chi connectivity index (χ0) is 12.4. The Kier molecular flexibility index (Phi) is 2.95. The first-order valence-electron chi connectivity index (χ1n) is 5.22. The zero-order valence-electron chi connectivity index (χ0n) is 9.70. The molecule has 0 fully saturated rings. The van der Waals surface area contributed by atoms with E-state index in [4.69, 9.17) is 10.5 Å². The average Bonchev–Trinajstić information content (AvgIpc) is 2.29. The third-order valence-corrected chi connectivity index (χ3v) is 2.42. The number of ether oxygens (including phenoxy) is 1. The smallest absolute Gasteiger partial charge is 0.219 e. The van der Waals surface area contributed by atoms with Crippen LogP contribution >= 0.6 is 0 Å². The van der Waals surface area contributed by atoms with E-state index < -0.39 is 5.82 Å². The van der Waals surface area contributed by atoms with Crippen molar-refractivity contribution in [1.82, 2.24) is 4.98 Å². The number of aryl methyl sites for hydroxylation is 2. The monoisotopic (exact) mass is 232 g/mol. The summed E-state index contributed by atoms with van der Waals surface area (Å²) in [6.07, 6.45) is 1.66. The summed E-state index contributed by atoms with van der Waals surface area (Å²) in [5.41, 5.74) is 7.79. The van der Waals surface area contributed by atoms with E-state index in [9.17, 15) is 4.39 Å². The fourth-order valence-electron chi connectivity index (χ4n) is 1.38. The van der Waals surface area contributed by atoms with Crippen molar-refractivity contribution in [2.24, 2.45) is 0 Å². The van der Waals surface area contributed by atoms with Crippen molar-refractivity contribution in [2.75, 3.05) is 5.73 Å². The summed E-state index contributed by atoms with van der Waals surface area (Å²) in [5, 5.41) is 0. The van der Waals surface area contributed by atoms with Gasteiger partial charge in [0.25, 0.3) is 0 Å². The molecule has 17 heavy (non-hydrogen) atoms. The maximum atomic E-state index is 13.6. The summed E-state index contributed by atoms with van der Waals surface area (Å²) in [4.78, 5) is 4.05. The summed E-state index contributed by atoms with van der Waals surface area (Å²) < 4.78 is 18.9. The zero-order valence-corrected chi connectivity index (χ0v) is 9.70. The molecule has 88 valence electrons. The van der Waals surface area contributed by atoms with E-state index in [1.165, 1.54) is 6.07 Å². The van der Waals surface area contributed by atoms with Crippen molar-refractivity contribution in [3.63, 3.8) is 0 Å². The Morgan fingerprint density at radius 3 is 2.65 bits per heavy atom. The number of benzene rings is 1. The lowest BCUT2D eigenvalue weighted by Crippen LogP contribution is -1.95. The Hall–Kier alpha value is -2.10. The Morgan fingerprint density at radius 2 is 2.00 bits per heavy atom. The predicted octanol–water partition coefficient (Wildman–Crippen LogP) is 3.21. The van der Waals surface area contributed by atoms with Gasteiger partial charge in [-0.1, -0.05) is 6.07 Å². The highest BCUT2D eigenvalue weighted by Gasteiger charge is 2.08. The summed E-state index contributed by atoms with van der Waals surface area (Å²) in [6.45, 7) is 3.72. The Balaban J connectivity index is 2.30. The fourth-order valence-corrected chi connectivity index (χ4v) is 1.38. The molecule has 0 bridgehead atoms. The molecule has 0 spiro atoms. The van der Waals surface area contributed by atoms with Crippen LogP contribution in [0.25, 0.3) is 0 Å². The van der Waals surface area contributed by atoms with Gasteiger partial charge >= 0.3 is 0 Å². The summed E-state index contributed by atoms with van der Waals surface area (Å²) in [6, 6.07) is 6.36. The Morgan fingerprint density at radius 1 is 1.24 bits per heavy atom. The molecule has 0 saturated heterocycles. The second-order valence-electron chi connectivity index (χ2n) is 3.92. The molecule has 0 radical (unpaired) electrons. The van der Waals surface area contributed by atoms with Crippen molar-refractivity contribution < 1.29 is 9.13 Å². The minimum Gasteiger partial charge on any atom is -0.436 e. The van der Waals surface area contributed by atoms with Gasteiger partial charge in [-0.15, -0.1) is 0 Å². The van der Waals surface area contributed by atoms with E-state index in [1.807, 2.05) is 13.0 Å². The highest BCUT2D eigenvalue weighted by molar-refractivity contribution is 5.51. The van der Waals surface area contributed by atoms with Crippen LogP contribution in [0.4, 0.5) is 10.1 Å². The Labute approximate surface area is 99.1 Å². The van der Waals surface area contributed by atoms with Crippen molar-refractivity contribution in [2.45, 2.75) is 13.8 Å². The number of nitrogen functional groups attached to an aromatic ring is 1. The lowest BCUT2D eigenvalue weighted by molar-refractivity contribution is 0.427. The predicted molar refractivity (Wildman–Crippen MR) is 64.6 cm³/mol. The molecule has 4 heteroatoms. The number of hydrogen-bond acceptors (Lipinski definition) is 3. The largest absolute Gasteiger partial charge is 0.436 e. The molecule has 2 N–H and O–H groups in total. The molecule has 0 aliphatic carbocycles. The number of halogens is 1. The van der Waals surface area contributed by atoms with E-state index in [0.29, 0.717) is 11.6 Å². The van der Waals surface area contributed by atoms with Gasteiger partial charge in [-0.25, -0.2) is 9.37 Å². The first-order valence-corrected chi connectivity index (χ1v) is 5.22. The van der Waals surface area contributed by atoms with E-state index in [2.05, 4.69) is 4.98 Å². The lowest BCUT2D eigenvalue weighted by Gasteiger charge is -2.08. The fraction of sp³-hybridized carbons (Fsp3) is 0.154. The second kappa shape index (κ2) is 4.41. The van der Waals surface area contributed by atoms with E-state index in [0.717, 1.165) is 11.1 Å². The van der Waals surface area contributed by atoms with Crippen molar-refractivity contribution in [3.05, 3.63) is 47.4 Å². The van der Waals surface area contributed by atoms with Gasteiger partial charge in [0.1, 0.15) is 0 Å². The quantitative estimate of drug-likeness (QED) is 0.809. The van der Waals surface area contributed by atoms with Crippen molar-refractivity contribution in [1.29, 1.82) is 0 Å². The average molecular weight is 232 g/mol. The highest BCUT2D eigenvalue weighted by Crippen LogP contribution is 2.27. The number of rotatable bonds is 2. The number of anilines is 1. The molecule has 2 aromatic rings. The molecule has 0 atom stereocenters. The maximum absolute atomic E-state index is 13.6. The van der Waals surface area contributed by atoms with Crippen LogP contribution < -0.4 is 10.5 Å². The number of nitrogens with two attached hydrogens (primary N) is 1. The summed E-state index contributed by atoms with van der Waals surface area (Å²) in [5.74, 6) is 0.00204. The third-order valence-electron chi connectivity index (χ3n) is 2.42. The number of nitrogens with zero attached hydrogens (tertiary/aromatic N) is 1. The number of aromatic nitrogens is 1. The standard InChI is InChI=1S/C13H13FN2O/c1-8-3-4-13(16-7-8)17-12-5-9(2)11(15)6-10(12)14/h3-7H,15H2,1-2H3. The van der Waals surface area contributed by atoms with E-state index in [1.54, 1.807) is 25.3 Å². The molecule has 0 amide bonds. The first-order chi connectivity index (χ1) is 8.06. The molecule has 0 aliphatic rings. The van der Waals surface area contributed by atoms with Crippen LogP contribution in [0.2, 0.25) is 0 Å². The maximum Gasteiger partial charge on any atom is 0.219 e. The molecule has 1 aromatic heterocycles. The highest BCUT2D eigenvalue weighted by atomic mass is 19.1. The van der Waals surface area contributed by atoms with Crippen LogP contribution in [0.1, 0.15) is 11.1 Å². The normalized spacial score (nSPS) is 10.3. The minimum absolute atomic E-state index is 0.132. The van der Waals surface area contributed by atoms with Gasteiger partial charge in [0.05, 0.1) is 0 Å². The van der Waals surface area contributed by atoms with Crippen molar-refractivity contribution in [3.8, 4) is 11.6 Å². The molecule has 0 saturated carbocycles. The third kappa shape index (κ3) is 2.53. The van der Waals surface area contributed by atoms with Gasteiger partial charge in [0.2, 0.25) is 5.88 Å². The van der Waals surface area contributed by atoms with Gasteiger partial charge < -0.3 is 10.5 Å². The van der Waals surface area contributed by atoms with Crippen LogP contribution in [0.3, 0.4) is 0 Å². The van der Waals surface area contributed by atoms with Crippen LogP contribution in [0.5, 0.6) is 11.6 Å². The second-order valence-corrected chi connectivity index (χ2v) is 3.92. The number of pyridine rings is 1. The van der Waals surface area contributed by atoms with Crippen molar-refractivity contribution >= 4 is 5.69 Å². The first kappa shape index (κ1) is 11.4. The number of hydrogen-bond donors (Lipinski definition) is 1. The molecular weight excluding hydrogens is 219 g/mol. The molecular formula is C13H13FN2O. The minimum atomic E-state index is -0.490. The topological polar surface area (TPSA) is 48.1 Å². The molecule has 1 aromatic carbocycles. The van der Waals surface area contributed by atoms with Crippen LogP contribution in [-0.4, -0.2) is 4.98 Å². The SMILES string of the molecule is Cc1ccc(Oc2cc(C)c(N)cc2F)nc1. The van der Waals surface area contributed by atoms with Crippen LogP contribution in [0.15, 0.2) is 30.5 Å². The van der Waals surface area contributed by atoms with Gasteiger partial charge in [-0.2, -0.15) is 0 Å². The summed E-state index contributed by atoms with van der Waals surface area (Å²) in [7, 11) is 0. The van der Waals surface area contributed by atoms with Gasteiger partial charge in [-0.3, -0.25) is 0 Å². The summed E-state index contributed by atoms with van der Waals surface area (Å²) >= 11 is 0. The van der Waals surface area contributed by atoms with Crippen LogP contribution in [-0.2, 0) is 0 Å². The van der Waals surface area contributed by atoms with E-state index in [-0.39, 0.29) is 5.75 Å².